The molecule has 0 aromatic heterocycles. The third kappa shape index (κ3) is 4.87. The van der Waals surface area contributed by atoms with Crippen molar-refractivity contribution < 1.29 is 14.7 Å². The molecule has 106 valence electrons. The minimum absolute atomic E-state index is 0.0428. The molecule has 0 aromatic carbocycles. The molecule has 1 amide bonds. The highest BCUT2D eigenvalue weighted by molar-refractivity contribution is 5.81. The minimum atomic E-state index is -0.933. The summed E-state index contributed by atoms with van der Waals surface area (Å²) in [6.07, 6.45) is 6.74. The van der Waals surface area contributed by atoms with Crippen LogP contribution in [-0.2, 0) is 9.59 Å². The maximum atomic E-state index is 12.2. The zero-order chi connectivity index (χ0) is 14.3. The predicted octanol–water partition coefficient (Wildman–Crippen LogP) is 1.48. The van der Waals surface area contributed by atoms with Gasteiger partial charge < -0.3 is 10.0 Å². The Labute approximate surface area is 114 Å². The van der Waals surface area contributed by atoms with Crippen molar-refractivity contribution in [2.45, 2.75) is 26.2 Å². The maximum absolute atomic E-state index is 12.2. The molecule has 0 aliphatic heterocycles. The van der Waals surface area contributed by atoms with Gasteiger partial charge in [-0.2, -0.15) is 0 Å². The molecule has 0 saturated heterocycles. The Bertz CT molecular complexity index is 377. The second-order valence-electron chi connectivity index (χ2n) is 4.58. The Kier molecular flexibility index (Phi) is 6.29. The monoisotopic (exact) mass is 266 g/mol. The fourth-order valence-corrected chi connectivity index (χ4v) is 2.27. The second-order valence-corrected chi connectivity index (χ2v) is 4.58. The number of carboxylic acids is 1. The zero-order valence-electron chi connectivity index (χ0n) is 11.5. The first-order chi connectivity index (χ1) is 9.08. The number of rotatable bonds is 8. The Morgan fingerprint density at radius 2 is 2.21 bits per heavy atom. The molecule has 0 aromatic rings. The topological polar surface area (TPSA) is 60.9 Å². The first-order valence-corrected chi connectivity index (χ1v) is 6.63. The van der Waals surface area contributed by atoms with E-state index in [4.69, 9.17) is 5.11 Å². The van der Waals surface area contributed by atoms with E-state index in [0.29, 0.717) is 13.1 Å². The highest BCUT2D eigenvalue weighted by Crippen LogP contribution is 2.21. The van der Waals surface area contributed by atoms with Gasteiger partial charge in [-0.15, -0.1) is 6.58 Å². The van der Waals surface area contributed by atoms with Gasteiger partial charge in [0, 0.05) is 18.8 Å². The lowest BCUT2D eigenvalue weighted by atomic mass is 10.3. The highest BCUT2D eigenvalue weighted by atomic mass is 16.4. The Morgan fingerprint density at radius 1 is 1.47 bits per heavy atom. The maximum Gasteiger partial charge on any atom is 0.317 e. The average Bonchev–Trinajstić information content (AvgIpc) is 2.83. The van der Waals surface area contributed by atoms with Crippen LogP contribution in [0.4, 0.5) is 0 Å². The van der Waals surface area contributed by atoms with E-state index in [1.807, 2.05) is 6.92 Å². The quantitative estimate of drug-likeness (QED) is 0.676. The summed E-state index contributed by atoms with van der Waals surface area (Å²) < 4.78 is 0. The van der Waals surface area contributed by atoms with Gasteiger partial charge in [0.05, 0.1) is 13.1 Å². The van der Waals surface area contributed by atoms with E-state index < -0.39 is 5.97 Å². The molecule has 0 radical (unpaired) electrons. The molecule has 0 spiro atoms. The number of likely N-dealkylation sites (N-methyl/N-ethyl adjacent to an activating group) is 1. The van der Waals surface area contributed by atoms with Gasteiger partial charge in [0.15, 0.2) is 0 Å². The molecule has 0 unspecified atom stereocenters. The van der Waals surface area contributed by atoms with Crippen LogP contribution in [0.2, 0.25) is 0 Å². The second kappa shape index (κ2) is 7.74. The van der Waals surface area contributed by atoms with Gasteiger partial charge in [0.25, 0.3) is 0 Å². The van der Waals surface area contributed by atoms with E-state index in [0.717, 1.165) is 25.0 Å². The number of hydrogen-bond acceptors (Lipinski definition) is 3. The van der Waals surface area contributed by atoms with Crippen LogP contribution in [0.15, 0.2) is 24.4 Å². The third-order valence-electron chi connectivity index (χ3n) is 3.09. The number of nitrogens with zero attached hydrogens (tertiary/aromatic N) is 2. The van der Waals surface area contributed by atoms with E-state index in [1.165, 1.54) is 0 Å². The summed E-state index contributed by atoms with van der Waals surface area (Å²) in [5, 5.41) is 8.82. The molecule has 5 heteroatoms. The summed E-state index contributed by atoms with van der Waals surface area (Å²) in [5.74, 6) is -0.975. The molecule has 1 aliphatic carbocycles. The Hall–Kier alpha value is -1.62. The van der Waals surface area contributed by atoms with Crippen molar-refractivity contribution in [3.8, 4) is 0 Å². The van der Waals surface area contributed by atoms with Crippen LogP contribution in [0.3, 0.4) is 0 Å². The van der Waals surface area contributed by atoms with Crippen molar-refractivity contribution >= 4 is 11.9 Å². The van der Waals surface area contributed by atoms with Crippen LogP contribution in [0, 0.1) is 0 Å². The number of carboxylic acid groups (broad SMARTS) is 1. The van der Waals surface area contributed by atoms with E-state index in [2.05, 4.69) is 12.7 Å². The standard InChI is InChI=1S/C14H22N2O3/c1-3-9-15(11-14(18)19)10-13(17)16(4-2)12-7-5-6-8-12/h3,7H,1,4-6,8-11H2,2H3,(H,18,19). The summed E-state index contributed by atoms with van der Waals surface area (Å²) in [6.45, 7) is 6.52. The number of allylic oxidation sites excluding steroid dienone is 2. The van der Waals surface area contributed by atoms with Gasteiger partial charge in [-0.3, -0.25) is 14.5 Å². The number of hydrogen-bond donors (Lipinski definition) is 1. The van der Waals surface area contributed by atoms with Crippen molar-refractivity contribution in [1.29, 1.82) is 0 Å². The van der Waals surface area contributed by atoms with Crippen molar-refractivity contribution in [3.63, 3.8) is 0 Å². The van der Waals surface area contributed by atoms with Crippen LogP contribution < -0.4 is 0 Å². The third-order valence-corrected chi connectivity index (χ3v) is 3.09. The molecular weight excluding hydrogens is 244 g/mol. The van der Waals surface area contributed by atoms with Gasteiger partial charge in [-0.1, -0.05) is 12.2 Å². The van der Waals surface area contributed by atoms with E-state index in [9.17, 15) is 9.59 Å². The van der Waals surface area contributed by atoms with Crippen molar-refractivity contribution in [3.05, 3.63) is 24.4 Å². The summed E-state index contributed by atoms with van der Waals surface area (Å²) >= 11 is 0. The summed E-state index contributed by atoms with van der Waals surface area (Å²) in [5.41, 5.74) is 1.07. The largest absolute Gasteiger partial charge is 0.480 e. The SMILES string of the molecule is C=CCN(CC(=O)O)CC(=O)N(CC)C1=CCCC1. The van der Waals surface area contributed by atoms with Gasteiger partial charge in [-0.25, -0.2) is 0 Å². The minimum Gasteiger partial charge on any atom is -0.480 e. The molecule has 1 rings (SSSR count). The summed E-state index contributed by atoms with van der Waals surface area (Å²) in [7, 11) is 0. The zero-order valence-corrected chi connectivity index (χ0v) is 11.5. The molecule has 0 bridgehead atoms. The number of carbonyl (C=O) groups excluding carboxylic acids is 1. The first kappa shape index (κ1) is 15.4. The lowest BCUT2D eigenvalue weighted by molar-refractivity contribution is -0.139. The molecule has 19 heavy (non-hydrogen) atoms. The molecule has 1 aliphatic rings. The Morgan fingerprint density at radius 3 is 2.68 bits per heavy atom. The Balaban J connectivity index is 2.62. The highest BCUT2D eigenvalue weighted by Gasteiger charge is 2.21. The van der Waals surface area contributed by atoms with Gasteiger partial charge in [0.1, 0.15) is 0 Å². The lowest BCUT2D eigenvalue weighted by Crippen LogP contribution is -2.41. The molecule has 0 atom stereocenters. The van der Waals surface area contributed by atoms with Crippen molar-refractivity contribution in [1.82, 2.24) is 9.80 Å². The summed E-state index contributed by atoms with van der Waals surface area (Å²) in [4.78, 5) is 26.3. The predicted molar refractivity (Wildman–Crippen MR) is 73.6 cm³/mol. The van der Waals surface area contributed by atoms with Crippen molar-refractivity contribution in [2.24, 2.45) is 0 Å². The van der Waals surface area contributed by atoms with Gasteiger partial charge in [0.2, 0.25) is 5.91 Å². The van der Waals surface area contributed by atoms with Crippen LogP contribution >= 0.6 is 0 Å². The number of amides is 1. The average molecular weight is 266 g/mol. The normalized spacial score (nSPS) is 14.3. The van der Waals surface area contributed by atoms with Crippen LogP contribution in [0.5, 0.6) is 0 Å². The smallest absolute Gasteiger partial charge is 0.317 e. The van der Waals surface area contributed by atoms with E-state index >= 15 is 0 Å². The lowest BCUT2D eigenvalue weighted by Gasteiger charge is -2.26. The van der Waals surface area contributed by atoms with Crippen molar-refractivity contribution in [2.75, 3.05) is 26.2 Å². The van der Waals surface area contributed by atoms with E-state index in [1.54, 1.807) is 15.9 Å². The fraction of sp³-hybridized carbons (Fsp3) is 0.571. The summed E-state index contributed by atoms with van der Waals surface area (Å²) in [6, 6.07) is 0. The number of aliphatic carboxylic acids is 1. The van der Waals surface area contributed by atoms with Crippen LogP contribution in [0.1, 0.15) is 26.2 Å². The molecule has 5 nitrogen and oxygen atoms in total. The molecule has 1 N–H and O–H groups in total. The molecule has 0 heterocycles. The van der Waals surface area contributed by atoms with Crippen LogP contribution in [0.25, 0.3) is 0 Å². The first-order valence-electron chi connectivity index (χ1n) is 6.63. The fourth-order valence-electron chi connectivity index (χ4n) is 2.27. The van der Waals surface area contributed by atoms with E-state index in [-0.39, 0.29) is 19.0 Å². The molecule has 0 saturated carbocycles. The molecular formula is C14H22N2O3. The number of carbonyl (C=O) groups is 2. The van der Waals surface area contributed by atoms with Crippen LogP contribution in [-0.4, -0.2) is 53.0 Å². The van der Waals surface area contributed by atoms with Gasteiger partial charge in [-0.05, 0) is 26.2 Å². The molecule has 0 fully saturated rings. The van der Waals surface area contributed by atoms with Gasteiger partial charge >= 0.3 is 5.97 Å².